The van der Waals surface area contributed by atoms with E-state index in [1.165, 1.54) is 22.3 Å². The summed E-state index contributed by atoms with van der Waals surface area (Å²) in [6.07, 6.45) is 0. The van der Waals surface area contributed by atoms with Gasteiger partial charge in [-0.05, 0) is 63.2 Å². The van der Waals surface area contributed by atoms with Gasteiger partial charge >= 0.3 is 0 Å². The molecule has 0 spiro atoms. The number of aromatic nitrogens is 3. The summed E-state index contributed by atoms with van der Waals surface area (Å²) < 4.78 is 13.5. The summed E-state index contributed by atoms with van der Waals surface area (Å²) in [5.74, 6) is 4.51. The highest BCUT2D eigenvalue weighted by Gasteiger charge is 2.37. The predicted octanol–water partition coefficient (Wildman–Crippen LogP) is 12.4. The highest BCUT2D eigenvalue weighted by Crippen LogP contribution is 2.56. The molecule has 5 nitrogen and oxygen atoms in total. The summed E-state index contributed by atoms with van der Waals surface area (Å²) in [6, 6.07) is 55.9. The molecule has 0 amide bonds. The summed E-state index contributed by atoms with van der Waals surface area (Å²) in [6.45, 7) is 4.54. The Hall–Kier alpha value is -6.85. The first-order valence-corrected chi connectivity index (χ1v) is 17.9. The van der Waals surface area contributed by atoms with E-state index in [2.05, 4.69) is 117 Å². The van der Waals surface area contributed by atoms with Crippen LogP contribution in [0.25, 0.3) is 67.5 Å². The number of rotatable bonds is 5. The Labute approximate surface area is 308 Å². The summed E-state index contributed by atoms with van der Waals surface area (Å²) in [5.41, 5.74) is 11.5. The van der Waals surface area contributed by atoms with Crippen LogP contribution in [0.1, 0.15) is 25.0 Å². The standard InChI is InChI=1S/C48H33N3O2/c1-48(2)39-25-12-11-22-35(39)38-28-42-43(29-40(38)48)53-44-36(24-14-26-41(44)52-42)34-21-9-10-23-37(34)47-50-45(31-17-7-4-8-18-31)49-46(51-47)33-20-13-19-32(27-33)30-15-5-3-6-16-30/h3-29H,1-2H3. The smallest absolute Gasteiger partial charge is 0.177 e. The maximum atomic E-state index is 6.83. The van der Waals surface area contributed by atoms with Crippen molar-refractivity contribution in [3.63, 3.8) is 0 Å². The number of hydrogen-bond donors (Lipinski definition) is 0. The van der Waals surface area contributed by atoms with E-state index in [-0.39, 0.29) is 5.41 Å². The average Bonchev–Trinajstić information content (AvgIpc) is 3.44. The van der Waals surface area contributed by atoms with Crippen LogP contribution < -0.4 is 9.47 Å². The van der Waals surface area contributed by atoms with E-state index in [1.807, 2.05) is 60.7 Å². The zero-order valence-electron chi connectivity index (χ0n) is 29.2. The van der Waals surface area contributed by atoms with Gasteiger partial charge in [0.05, 0.1) is 0 Å². The number of nitrogens with zero attached hydrogens (tertiary/aromatic N) is 3. The van der Waals surface area contributed by atoms with Crippen molar-refractivity contribution in [1.82, 2.24) is 15.0 Å². The number of fused-ring (bicyclic) bond motifs is 5. The molecule has 0 atom stereocenters. The average molecular weight is 684 g/mol. The molecule has 8 aromatic rings. The van der Waals surface area contributed by atoms with Crippen LogP contribution in [0.5, 0.6) is 23.0 Å². The van der Waals surface area contributed by atoms with Gasteiger partial charge in [-0.25, -0.2) is 15.0 Å². The van der Waals surface area contributed by atoms with Crippen LogP contribution in [0.3, 0.4) is 0 Å². The van der Waals surface area contributed by atoms with Gasteiger partial charge in [-0.1, -0.05) is 153 Å². The lowest BCUT2D eigenvalue weighted by Gasteiger charge is -2.26. The summed E-state index contributed by atoms with van der Waals surface area (Å²) in [4.78, 5) is 15.3. The predicted molar refractivity (Wildman–Crippen MR) is 211 cm³/mol. The molecule has 5 heteroatoms. The minimum absolute atomic E-state index is 0.163. The van der Waals surface area contributed by atoms with Gasteiger partial charge in [0.25, 0.3) is 0 Å². The number of benzene rings is 7. The molecule has 10 rings (SSSR count). The molecular weight excluding hydrogens is 651 g/mol. The number of hydrogen-bond acceptors (Lipinski definition) is 5. The molecule has 0 saturated heterocycles. The fourth-order valence-corrected chi connectivity index (χ4v) is 7.73. The SMILES string of the molecule is CC1(C)c2ccccc2-c2cc3c(cc21)Oc1c(cccc1-c1ccccc1-c1nc(-c2ccccc2)nc(-c2cccc(-c4ccccc4)c2)n1)O3. The second-order valence-electron chi connectivity index (χ2n) is 14.0. The fourth-order valence-electron chi connectivity index (χ4n) is 7.73. The van der Waals surface area contributed by atoms with Crippen molar-refractivity contribution in [1.29, 1.82) is 0 Å². The molecule has 2 aliphatic rings. The Morgan fingerprint density at radius 1 is 0.358 bits per heavy atom. The Kier molecular flexibility index (Phi) is 7.08. The minimum Gasteiger partial charge on any atom is -0.449 e. The van der Waals surface area contributed by atoms with Crippen molar-refractivity contribution >= 4 is 0 Å². The molecule has 0 fully saturated rings. The number of ether oxygens (including phenoxy) is 2. The van der Waals surface area contributed by atoms with Gasteiger partial charge in [0.15, 0.2) is 40.5 Å². The molecule has 0 saturated carbocycles. The lowest BCUT2D eigenvalue weighted by molar-refractivity contribution is 0.360. The first-order chi connectivity index (χ1) is 26.0. The minimum atomic E-state index is -0.163. The van der Waals surface area contributed by atoms with E-state index in [0.717, 1.165) is 38.9 Å². The van der Waals surface area contributed by atoms with Crippen LogP contribution in [0.15, 0.2) is 164 Å². The summed E-state index contributed by atoms with van der Waals surface area (Å²) >= 11 is 0. The van der Waals surface area contributed by atoms with Crippen molar-refractivity contribution in [2.45, 2.75) is 19.3 Å². The summed E-state index contributed by atoms with van der Waals surface area (Å²) in [5, 5.41) is 0. The molecule has 7 aromatic carbocycles. The fraction of sp³-hybridized carbons (Fsp3) is 0.0625. The first kappa shape index (κ1) is 30.9. The van der Waals surface area contributed by atoms with Gasteiger partial charge in [0, 0.05) is 27.7 Å². The molecule has 53 heavy (non-hydrogen) atoms. The van der Waals surface area contributed by atoms with E-state index in [0.29, 0.717) is 40.5 Å². The Bertz CT molecular complexity index is 2700. The van der Waals surface area contributed by atoms with E-state index in [9.17, 15) is 0 Å². The number of para-hydroxylation sites is 1. The molecule has 0 radical (unpaired) electrons. The van der Waals surface area contributed by atoms with Crippen molar-refractivity contribution < 1.29 is 9.47 Å². The molecule has 1 aliphatic carbocycles. The van der Waals surface area contributed by atoms with E-state index < -0.39 is 0 Å². The van der Waals surface area contributed by atoms with Crippen molar-refractivity contribution in [3.05, 3.63) is 175 Å². The van der Waals surface area contributed by atoms with Crippen LogP contribution in [-0.4, -0.2) is 15.0 Å². The maximum Gasteiger partial charge on any atom is 0.177 e. The van der Waals surface area contributed by atoms with Gasteiger partial charge in [-0.15, -0.1) is 0 Å². The molecule has 2 heterocycles. The third-order valence-electron chi connectivity index (χ3n) is 10.4. The highest BCUT2D eigenvalue weighted by molar-refractivity contribution is 5.88. The second kappa shape index (κ2) is 12.1. The van der Waals surface area contributed by atoms with Crippen molar-refractivity contribution in [2.75, 3.05) is 0 Å². The van der Waals surface area contributed by atoms with Gasteiger partial charge in [-0.3, -0.25) is 0 Å². The van der Waals surface area contributed by atoms with Crippen LogP contribution in [-0.2, 0) is 5.41 Å². The monoisotopic (exact) mass is 683 g/mol. The van der Waals surface area contributed by atoms with Crippen LogP contribution in [0.2, 0.25) is 0 Å². The molecule has 252 valence electrons. The molecular formula is C48H33N3O2. The Morgan fingerprint density at radius 3 is 1.72 bits per heavy atom. The van der Waals surface area contributed by atoms with Gasteiger partial charge in [-0.2, -0.15) is 0 Å². The van der Waals surface area contributed by atoms with E-state index >= 15 is 0 Å². The van der Waals surface area contributed by atoms with E-state index in [4.69, 9.17) is 24.4 Å². The van der Waals surface area contributed by atoms with Crippen LogP contribution in [0, 0.1) is 0 Å². The maximum absolute atomic E-state index is 6.83. The van der Waals surface area contributed by atoms with Crippen molar-refractivity contribution in [3.8, 4) is 90.5 Å². The molecule has 1 aromatic heterocycles. The molecule has 0 unspecified atom stereocenters. The van der Waals surface area contributed by atoms with Gasteiger partial charge in [0.2, 0.25) is 0 Å². The topological polar surface area (TPSA) is 57.1 Å². The third kappa shape index (κ3) is 5.20. The molecule has 0 bridgehead atoms. The van der Waals surface area contributed by atoms with Crippen molar-refractivity contribution in [2.24, 2.45) is 0 Å². The zero-order chi connectivity index (χ0) is 35.5. The largest absolute Gasteiger partial charge is 0.449 e. The lowest BCUT2D eigenvalue weighted by Crippen LogP contribution is -2.15. The Balaban J connectivity index is 1.10. The van der Waals surface area contributed by atoms with Crippen LogP contribution in [0.4, 0.5) is 0 Å². The van der Waals surface area contributed by atoms with E-state index in [1.54, 1.807) is 0 Å². The van der Waals surface area contributed by atoms with Gasteiger partial charge in [0.1, 0.15) is 0 Å². The van der Waals surface area contributed by atoms with Gasteiger partial charge < -0.3 is 9.47 Å². The molecule has 0 N–H and O–H groups in total. The molecule has 1 aliphatic heterocycles. The first-order valence-electron chi connectivity index (χ1n) is 17.9. The zero-order valence-corrected chi connectivity index (χ0v) is 29.2. The van der Waals surface area contributed by atoms with Crippen LogP contribution >= 0.6 is 0 Å². The summed E-state index contributed by atoms with van der Waals surface area (Å²) in [7, 11) is 0. The second-order valence-corrected chi connectivity index (χ2v) is 14.0. The highest BCUT2D eigenvalue weighted by atomic mass is 16.6. The third-order valence-corrected chi connectivity index (χ3v) is 10.4. The quantitative estimate of drug-likeness (QED) is 0.181. The normalized spacial score (nSPS) is 13.2. The lowest BCUT2D eigenvalue weighted by atomic mass is 9.82. The Morgan fingerprint density at radius 2 is 0.925 bits per heavy atom.